The molecule has 2 rings (SSSR count). The number of sulfone groups is 1. The Morgan fingerprint density at radius 3 is 2.76 bits per heavy atom. The van der Waals surface area contributed by atoms with Gasteiger partial charge < -0.3 is 9.84 Å². The molecule has 0 amide bonds. The molecule has 5 nitrogen and oxygen atoms in total. The summed E-state index contributed by atoms with van der Waals surface area (Å²) in [6, 6.07) is 0. The number of hydrogen-bond acceptors (Lipinski definition) is 5. The molecule has 17 heavy (non-hydrogen) atoms. The lowest BCUT2D eigenvalue weighted by molar-refractivity contribution is 0.392. The average Bonchev–Trinajstić information content (AvgIpc) is 2.74. The molecule has 1 aliphatic rings. The average molecular weight is 258 g/mol. The van der Waals surface area contributed by atoms with Crippen molar-refractivity contribution in [2.24, 2.45) is 0 Å². The molecule has 1 unspecified atom stereocenters. The molecule has 0 saturated carbocycles. The van der Waals surface area contributed by atoms with Gasteiger partial charge in [-0.1, -0.05) is 5.16 Å². The maximum Gasteiger partial charge on any atom is 0.154 e. The van der Waals surface area contributed by atoms with Gasteiger partial charge in [-0.25, -0.2) is 8.42 Å². The second-order valence-corrected chi connectivity index (χ2v) is 6.97. The van der Waals surface area contributed by atoms with Crippen molar-refractivity contribution in [3.8, 4) is 0 Å². The second-order valence-electron chi connectivity index (χ2n) is 4.56. The van der Waals surface area contributed by atoms with E-state index in [1.807, 2.05) is 13.8 Å². The fourth-order valence-corrected chi connectivity index (χ4v) is 4.00. The predicted octanol–water partition coefficient (Wildman–Crippen LogP) is 0.958. The summed E-state index contributed by atoms with van der Waals surface area (Å²) in [4.78, 5) is 0. The smallest absolute Gasteiger partial charge is 0.154 e. The third-order valence-electron chi connectivity index (χ3n) is 3.32. The number of nitrogens with one attached hydrogen (secondary N) is 1. The van der Waals surface area contributed by atoms with Gasteiger partial charge in [0.05, 0.1) is 16.7 Å². The molecule has 0 aromatic carbocycles. The third-order valence-corrected chi connectivity index (χ3v) is 5.59. The summed E-state index contributed by atoms with van der Waals surface area (Å²) in [7, 11) is -2.85. The minimum absolute atomic E-state index is 0.219. The summed E-state index contributed by atoms with van der Waals surface area (Å²) in [5.41, 5.74) is 1.89. The van der Waals surface area contributed by atoms with Crippen LogP contribution in [0.1, 0.15) is 29.9 Å². The van der Waals surface area contributed by atoms with E-state index in [0.29, 0.717) is 18.8 Å². The number of nitrogens with zero attached hydrogens (tertiary/aromatic N) is 1. The van der Waals surface area contributed by atoms with Gasteiger partial charge >= 0.3 is 0 Å². The van der Waals surface area contributed by atoms with Crippen molar-refractivity contribution in [1.29, 1.82) is 0 Å². The van der Waals surface area contributed by atoms with Gasteiger partial charge in [0.2, 0.25) is 0 Å². The van der Waals surface area contributed by atoms with Crippen LogP contribution in [0.5, 0.6) is 0 Å². The van der Waals surface area contributed by atoms with Crippen molar-refractivity contribution < 1.29 is 12.9 Å². The first-order valence-corrected chi connectivity index (χ1v) is 7.56. The van der Waals surface area contributed by atoms with Gasteiger partial charge in [0.1, 0.15) is 5.76 Å². The molecule has 1 aliphatic heterocycles. The van der Waals surface area contributed by atoms with Crippen LogP contribution in [0.25, 0.3) is 0 Å². The SMILES string of the molecule is Cc1noc(C)c1CNCC1CCCS1(=O)=O. The van der Waals surface area contributed by atoms with E-state index in [0.717, 1.165) is 29.9 Å². The zero-order valence-electron chi connectivity index (χ0n) is 10.2. The largest absolute Gasteiger partial charge is 0.361 e. The van der Waals surface area contributed by atoms with Gasteiger partial charge in [0.15, 0.2) is 9.84 Å². The highest BCUT2D eigenvalue weighted by Crippen LogP contribution is 2.19. The van der Waals surface area contributed by atoms with Crippen molar-refractivity contribution >= 4 is 9.84 Å². The molecule has 1 aromatic heterocycles. The summed E-state index contributed by atoms with van der Waals surface area (Å²) in [5.74, 6) is 1.13. The van der Waals surface area contributed by atoms with E-state index in [-0.39, 0.29) is 5.25 Å². The molecule has 1 fully saturated rings. The third kappa shape index (κ3) is 2.69. The molecule has 0 radical (unpaired) electrons. The minimum atomic E-state index is -2.85. The molecule has 1 N–H and O–H groups in total. The summed E-state index contributed by atoms with van der Waals surface area (Å²) < 4.78 is 28.3. The molecule has 0 aliphatic carbocycles. The van der Waals surface area contributed by atoms with Crippen LogP contribution in [-0.4, -0.2) is 31.1 Å². The molecule has 96 valence electrons. The van der Waals surface area contributed by atoms with Crippen LogP contribution in [0, 0.1) is 13.8 Å². The molecule has 2 heterocycles. The number of rotatable bonds is 4. The zero-order chi connectivity index (χ0) is 12.5. The lowest BCUT2D eigenvalue weighted by Gasteiger charge is -2.10. The number of aryl methyl sites for hydroxylation is 2. The maximum atomic E-state index is 11.6. The fraction of sp³-hybridized carbons (Fsp3) is 0.727. The molecule has 1 aromatic rings. The van der Waals surface area contributed by atoms with E-state index >= 15 is 0 Å². The monoisotopic (exact) mass is 258 g/mol. The van der Waals surface area contributed by atoms with Crippen LogP contribution in [0.2, 0.25) is 0 Å². The molecular weight excluding hydrogens is 240 g/mol. The van der Waals surface area contributed by atoms with Crippen molar-refractivity contribution in [2.45, 2.75) is 38.5 Å². The van der Waals surface area contributed by atoms with Crippen LogP contribution < -0.4 is 5.32 Å². The van der Waals surface area contributed by atoms with Gasteiger partial charge in [0, 0.05) is 18.7 Å². The Labute approximate surface area is 101 Å². The Bertz CT molecular complexity index is 473. The van der Waals surface area contributed by atoms with E-state index < -0.39 is 9.84 Å². The Balaban J connectivity index is 1.88. The topological polar surface area (TPSA) is 72.2 Å². The van der Waals surface area contributed by atoms with Gasteiger partial charge in [-0.05, 0) is 26.7 Å². The maximum absolute atomic E-state index is 11.6. The van der Waals surface area contributed by atoms with Gasteiger partial charge in [-0.15, -0.1) is 0 Å². The van der Waals surface area contributed by atoms with E-state index in [2.05, 4.69) is 10.5 Å². The minimum Gasteiger partial charge on any atom is -0.361 e. The van der Waals surface area contributed by atoms with Crippen molar-refractivity contribution in [2.75, 3.05) is 12.3 Å². The van der Waals surface area contributed by atoms with E-state index in [9.17, 15) is 8.42 Å². The van der Waals surface area contributed by atoms with Gasteiger partial charge in [-0.3, -0.25) is 0 Å². The highest BCUT2D eigenvalue weighted by molar-refractivity contribution is 7.92. The quantitative estimate of drug-likeness (QED) is 0.871. The first kappa shape index (κ1) is 12.6. The molecule has 0 spiro atoms. The van der Waals surface area contributed by atoms with E-state index in [1.165, 1.54) is 0 Å². The number of hydrogen-bond donors (Lipinski definition) is 1. The Kier molecular flexibility index (Phi) is 3.53. The summed E-state index contributed by atoms with van der Waals surface area (Å²) in [6.07, 6.45) is 1.57. The second kappa shape index (κ2) is 4.78. The Hall–Kier alpha value is -0.880. The molecule has 6 heteroatoms. The lowest BCUT2D eigenvalue weighted by atomic mass is 10.2. The van der Waals surface area contributed by atoms with Crippen LogP contribution in [0.15, 0.2) is 4.52 Å². The standard InChI is InChI=1S/C11H18N2O3S/c1-8-11(9(2)16-13-8)7-12-6-10-4-3-5-17(10,14)15/h10,12H,3-7H2,1-2H3. The van der Waals surface area contributed by atoms with Gasteiger partial charge in [0.25, 0.3) is 0 Å². The van der Waals surface area contributed by atoms with Crippen LogP contribution in [0.3, 0.4) is 0 Å². The van der Waals surface area contributed by atoms with Gasteiger partial charge in [-0.2, -0.15) is 0 Å². The Morgan fingerprint density at radius 1 is 1.47 bits per heavy atom. The van der Waals surface area contributed by atoms with Crippen LogP contribution >= 0.6 is 0 Å². The molecular formula is C11H18N2O3S. The lowest BCUT2D eigenvalue weighted by Crippen LogP contribution is -2.30. The first-order valence-electron chi connectivity index (χ1n) is 5.85. The van der Waals surface area contributed by atoms with Crippen molar-refractivity contribution in [1.82, 2.24) is 10.5 Å². The summed E-state index contributed by atoms with van der Waals surface area (Å²) in [5, 5.41) is 6.83. The Morgan fingerprint density at radius 2 is 2.24 bits per heavy atom. The molecule has 1 atom stereocenters. The predicted molar refractivity (Wildman–Crippen MR) is 64.5 cm³/mol. The van der Waals surface area contributed by atoms with Crippen LogP contribution in [0.4, 0.5) is 0 Å². The van der Waals surface area contributed by atoms with Crippen molar-refractivity contribution in [3.05, 3.63) is 17.0 Å². The molecule has 0 bridgehead atoms. The highest BCUT2D eigenvalue weighted by Gasteiger charge is 2.30. The molecule has 1 saturated heterocycles. The number of aromatic nitrogens is 1. The normalized spacial score (nSPS) is 23.1. The zero-order valence-corrected chi connectivity index (χ0v) is 11.0. The highest BCUT2D eigenvalue weighted by atomic mass is 32.2. The van der Waals surface area contributed by atoms with Crippen molar-refractivity contribution in [3.63, 3.8) is 0 Å². The summed E-state index contributed by atoms with van der Waals surface area (Å²) >= 11 is 0. The first-order chi connectivity index (χ1) is 8.00. The van der Waals surface area contributed by atoms with E-state index in [4.69, 9.17) is 4.52 Å². The fourth-order valence-electron chi connectivity index (χ4n) is 2.20. The van der Waals surface area contributed by atoms with Crippen LogP contribution in [-0.2, 0) is 16.4 Å². The summed E-state index contributed by atoms with van der Waals surface area (Å²) in [6.45, 7) is 4.89. The van der Waals surface area contributed by atoms with E-state index in [1.54, 1.807) is 0 Å².